The van der Waals surface area contributed by atoms with Gasteiger partial charge in [0.15, 0.2) is 0 Å². The standard InChI is InChI=1S/C24H51P.C7H7.ClH.Mg/c1-4-7-10-13-16-19-22-25(23-20-17-14-11-8-5-2)24-21-18-15-12-9-6-3;1-7-5-3-2-4-6-7;;/h4-24H2,1-3H3;2-6H,1H2;1H;/q;;;+1/p-1. The molecule has 0 aliphatic heterocycles. The zero-order valence-corrected chi connectivity index (χ0v) is 26.5. The molecular weight excluding hydrogens is 463 g/mol. The number of halogens is 1. The van der Waals surface area contributed by atoms with Crippen molar-refractivity contribution in [3.05, 3.63) is 35.9 Å². The maximum atomic E-state index is 5.67. The predicted molar refractivity (Wildman–Crippen MR) is 163 cm³/mol. The maximum absolute atomic E-state index is 5.67. The second-order valence-electron chi connectivity index (χ2n) is 10.1. The molecule has 1 aromatic carbocycles. The normalized spacial score (nSPS) is 10.7. The van der Waals surface area contributed by atoms with E-state index < -0.39 is 0 Å². The molecule has 0 nitrogen and oxygen atoms in total. The Morgan fingerprint density at radius 2 is 0.882 bits per heavy atom. The third-order valence-electron chi connectivity index (χ3n) is 6.71. The molecule has 3 heteroatoms. The number of unbranched alkanes of at least 4 members (excludes halogenated alkanes) is 15. The Bertz CT molecular complexity index is 444. The fraction of sp³-hybridized carbons (Fsp3) is 0.806. The minimum atomic E-state index is -0.312. The summed E-state index contributed by atoms with van der Waals surface area (Å²) in [6, 6.07) is 10.4. The molecule has 0 saturated carbocycles. The lowest BCUT2D eigenvalue weighted by Gasteiger charge is -2.18. The Balaban J connectivity index is 0.000000999. The molecule has 0 amide bonds. The first-order valence-electron chi connectivity index (χ1n) is 15.1. The van der Waals surface area contributed by atoms with E-state index in [0.717, 1.165) is 4.55 Å². The van der Waals surface area contributed by atoms with Gasteiger partial charge in [-0.3, -0.25) is 0 Å². The van der Waals surface area contributed by atoms with Gasteiger partial charge in [-0.1, -0.05) is 158 Å². The predicted octanol–water partition coefficient (Wildman–Crippen LogP) is 11.6. The van der Waals surface area contributed by atoms with E-state index >= 15 is 0 Å². The maximum Gasteiger partial charge on any atom is 0.505 e. The van der Waals surface area contributed by atoms with E-state index in [1.165, 1.54) is 121 Å². The molecule has 0 heterocycles. The second kappa shape index (κ2) is 29.9. The van der Waals surface area contributed by atoms with Crippen molar-refractivity contribution in [1.82, 2.24) is 0 Å². The van der Waals surface area contributed by atoms with Crippen molar-refractivity contribution in [2.45, 2.75) is 141 Å². The Morgan fingerprint density at radius 1 is 0.529 bits per heavy atom. The van der Waals surface area contributed by atoms with Crippen molar-refractivity contribution >= 4 is 36.3 Å². The highest BCUT2D eigenvalue weighted by Gasteiger charge is 2.07. The van der Waals surface area contributed by atoms with Crippen molar-refractivity contribution in [2.75, 3.05) is 18.5 Å². The highest BCUT2D eigenvalue weighted by Crippen LogP contribution is 2.39. The van der Waals surface area contributed by atoms with Gasteiger partial charge in [-0.05, 0) is 37.7 Å². The van der Waals surface area contributed by atoms with Crippen LogP contribution in [0.5, 0.6) is 0 Å². The van der Waals surface area contributed by atoms with Gasteiger partial charge in [-0.15, -0.1) is 7.92 Å². The zero-order chi connectivity index (χ0) is 25.0. The van der Waals surface area contributed by atoms with E-state index in [0.29, 0.717) is 7.92 Å². The van der Waals surface area contributed by atoms with Crippen LogP contribution in [-0.2, 0) is 4.55 Å². The van der Waals surface area contributed by atoms with Crippen molar-refractivity contribution < 1.29 is 0 Å². The molecule has 0 aromatic heterocycles. The van der Waals surface area contributed by atoms with Gasteiger partial charge in [0.25, 0.3) is 0 Å². The van der Waals surface area contributed by atoms with Crippen LogP contribution in [-0.4, -0.2) is 37.7 Å². The molecule has 1 aromatic rings. The van der Waals surface area contributed by atoms with Crippen LogP contribution in [0.2, 0.25) is 0 Å². The summed E-state index contributed by atoms with van der Waals surface area (Å²) in [5.74, 6) is 0. The van der Waals surface area contributed by atoms with Gasteiger partial charge >= 0.3 is 19.3 Å². The molecule has 0 N–H and O–H groups in total. The first-order chi connectivity index (χ1) is 16.8. The van der Waals surface area contributed by atoms with E-state index in [2.05, 4.69) is 45.0 Å². The summed E-state index contributed by atoms with van der Waals surface area (Å²) in [6.07, 6.45) is 31.2. The van der Waals surface area contributed by atoms with Gasteiger partial charge in [0, 0.05) is 0 Å². The summed E-state index contributed by atoms with van der Waals surface area (Å²) >= 11 is -0.312. The molecule has 0 spiro atoms. The van der Waals surface area contributed by atoms with Crippen LogP contribution in [0.15, 0.2) is 30.3 Å². The summed E-state index contributed by atoms with van der Waals surface area (Å²) in [7, 11) is 6.04. The summed E-state index contributed by atoms with van der Waals surface area (Å²) in [6.45, 7) is 6.96. The summed E-state index contributed by atoms with van der Waals surface area (Å²) in [5.41, 5.74) is 1.37. The van der Waals surface area contributed by atoms with Crippen LogP contribution < -0.4 is 0 Å². The van der Waals surface area contributed by atoms with Crippen LogP contribution >= 0.6 is 17.0 Å². The van der Waals surface area contributed by atoms with E-state index in [1.54, 1.807) is 18.5 Å². The molecule has 0 aliphatic carbocycles. The fourth-order valence-electron chi connectivity index (χ4n) is 4.44. The van der Waals surface area contributed by atoms with Crippen LogP contribution in [0.1, 0.15) is 142 Å². The molecule has 0 radical (unpaired) electrons. The average Bonchev–Trinajstić information content (AvgIpc) is 2.86. The van der Waals surface area contributed by atoms with Gasteiger partial charge in [-0.2, -0.15) is 0 Å². The van der Waals surface area contributed by atoms with E-state index in [1.807, 2.05) is 6.07 Å². The molecule has 0 fully saturated rings. The summed E-state index contributed by atoms with van der Waals surface area (Å²) in [4.78, 5) is 0. The lowest BCUT2D eigenvalue weighted by Crippen LogP contribution is -1.97. The molecule has 196 valence electrons. The van der Waals surface area contributed by atoms with Crippen molar-refractivity contribution in [3.63, 3.8) is 0 Å². The topological polar surface area (TPSA) is 0 Å². The minimum absolute atomic E-state index is 0.312. The van der Waals surface area contributed by atoms with E-state index in [-0.39, 0.29) is 19.3 Å². The smallest absolute Gasteiger partial charge is 0.345 e. The highest BCUT2D eigenvalue weighted by molar-refractivity contribution is 7.57. The average molecular weight is 522 g/mol. The number of benzene rings is 1. The van der Waals surface area contributed by atoms with Crippen LogP contribution in [0, 0.1) is 0 Å². The monoisotopic (exact) mass is 520 g/mol. The Morgan fingerprint density at radius 3 is 1.24 bits per heavy atom. The van der Waals surface area contributed by atoms with Gasteiger partial charge in [0.2, 0.25) is 0 Å². The molecule has 0 saturated heterocycles. The van der Waals surface area contributed by atoms with Gasteiger partial charge in [0.05, 0.1) is 0 Å². The molecule has 0 aliphatic rings. The molecule has 34 heavy (non-hydrogen) atoms. The highest BCUT2D eigenvalue weighted by atomic mass is 35.5. The minimum Gasteiger partial charge on any atom is -0.345 e. The zero-order valence-electron chi connectivity index (χ0n) is 23.5. The first kappa shape index (κ1) is 34.7. The third kappa shape index (κ3) is 25.8. The summed E-state index contributed by atoms with van der Waals surface area (Å²) < 4.78 is 1.11. The number of hydrogen-bond donors (Lipinski definition) is 0. The quantitative estimate of drug-likeness (QED) is 0.0763. The third-order valence-corrected chi connectivity index (χ3v) is 10.9. The Labute approximate surface area is 230 Å². The van der Waals surface area contributed by atoms with E-state index in [9.17, 15) is 0 Å². The van der Waals surface area contributed by atoms with Crippen LogP contribution in [0.3, 0.4) is 0 Å². The SMILES string of the molecule is CCCCCCCCP(CCCCCCCC)CCCCCCCC.[Cl][Mg][CH2]c1ccccc1. The van der Waals surface area contributed by atoms with Gasteiger partial charge in [-0.25, -0.2) is 0 Å². The molecule has 0 atom stereocenters. The van der Waals surface area contributed by atoms with Crippen LogP contribution in [0.4, 0.5) is 0 Å². The largest absolute Gasteiger partial charge is 0.505 e. The summed E-state index contributed by atoms with van der Waals surface area (Å²) in [5, 5.41) is 0. The van der Waals surface area contributed by atoms with Crippen LogP contribution in [0.25, 0.3) is 0 Å². The number of rotatable bonds is 23. The molecule has 0 bridgehead atoms. The van der Waals surface area contributed by atoms with Crippen molar-refractivity contribution in [2.24, 2.45) is 0 Å². The lowest BCUT2D eigenvalue weighted by atomic mass is 10.1. The molecule has 0 unspecified atom stereocenters. The Hall–Kier alpha value is 0.706. The fourth-order valence-corrected chi connectivity index (χ4v) is 8.33. The molecule has 1 rings (SSSR count). The van der Waals surface area contributed by atoms with Crippen molar-refractivity contribution in [1.29, 1.82) is 0 Å². The Kier molecular flexibility index (Phi) is 30.6. The molecular formula is C31H58ClMgP. The first-order valence-corrected chi connectivity index (χ1v) is 20.1. The van der Waals surface area contributed by atoms with Crippen molar-refractivity contribution in [3.8, 4) is 0 Å². The van der Waals surface area contributed by atoms with Gasteiger partial charge in [0.1, 0.15) is 0 Å². The second-order valence-corrected chi connectivity index (χ2v) is 14.8. The van der Waals surface area contributed by atoms with Gasteiger partial charge < -0.3 is 9.07 Å². The number of hydrogen-bond acceptors (Lipinski definition) is 0. The van der Waals surface area contributed by atoms with E-state index in [4.69, 9.17) is 9.07 Å². The lowest BCUT2D eigenvalue weighted by molar-refractivity contribution is 0.617.